The van der Waals surface area contributed by atoms with Gasteiger partial charge in [0.1, 0.15) is 16.3 Å². The van der Waals surface area contributed by atoms with Gasteiger partial charge >= 0.3 is 0 Å². The molecule has 0 saturated heterocycles. The number of sulfonamides is 1. The van der Waals surface area contributed by atoms with E-state index >= 15 is 0 Å². The number of ether oxygens (including phenoxy) is 1. The Morgan fingerprint density at radius 1 is 1.19 bits per heavy atom. The molecule has 10 heteroatoms. The maximum absolute atomic E-state index is 14.1. The monoisotopic (exact) mass is 453 g/mol. The van der Waals surface area contributed by atoms with Crippen LogP contribution < -0.4 is 4.74 Å². The van der Waals surface area contributed by atoms with Crippen molar-refractivity contribution in [1.29, 1.82) is 0 Å². The number of hydrogen-bond donors (Lipinski definition) is 0. The molecule has 1 aromatic carbocycles. The number of benzene rings is 1. The lowest BCUT2D eigenvalue weighted by Gasteiger charge is -2.16. The summed E-state index contributed by atoms with van der Waals surface area (Å²) in [6, 6.07) is 11.6. The summed E-state index contributed by atoms with van der Waals surface area (Å²) in [5, 5.41) is 4.10. The van der Waals surface area contributed by atoms with Crippen molar-refractivity contribution in [3.63, 3.8) is 0 Å². The highest BCUT2D eigenvalue weighted by Crippen LogP contribution is 2.27. The number of aryl methyl sites for hydroxylation is 1. The SMILES string of the molecule is COc1cc(C)ccc1S(=O)(=O)N(C)/N=C/c1cnc2ccc(-c3cccnc3F)cn12. The quantitative estimate of drug-likeness (QED) is 0.253. The molecule has 0 N–H and O–H groups in total. The third-order valence-electron chi connectivity index (χ3n) is 4.90. The lowest BCUT2D eigenvalue weighted by Crippen LogP contribution is -2.22. The number of hydrogen-bond acceptors (Lipinski definition) is 6. The van der Waals surface area contributed by atoms with E-state index in [4.69, 9.17) is 4.74 Å². The van der Waals surface area contributed by atoms with Gasteiger partial charge in [-0.2, -0.15) is 22.3 Å². The molecule has 4 rings (SSSR count). The second kappa shape index (κ2) is 8.39. The molecule has 8 nitrogen and oxygen atoms in total. The molecule has 0 amide bonds. The average Bonchev–Trinajstić information content (AvgIpc) is 3.19. The van der Waals surface area contributed by atoms with Crippen LogP contribution in [0, 0.1) is 12.9 Å². The molecule has 0 bridgehead atoms. The largest absolute Gasteiger partial charge is 0.495 e. The van der Waals surface area contributed by atoms with E-state index in [0.717, 1.165) is 9.98 Å². The number of halogens is 1. The molecule has 0 unspecified atom stereocenters. The Balaban J connectivity index is 1.68. The molecule has 3 heterocycles. The van der Waals surface area contributed by atoms with E-state index in [2.05, 4.69) is 15.1 Å². The minimum absolute atomic E-state index is 0.0118. The van der Waals surface area contributed by atoms with Gasteiger partial charge in [-0.15, -0.1) is 0 Å². The summed E-state index contributed by atoms with van der Waals surface area (Å²) < 4.78 is 47.8. The van der Waals surface area contributed by atoms with Crippen molar-refractivity contribution in [2.45, 2.75) is 11.8 Å². The van der Waals surface area contributed by atoms with E-state index in [-0.39, 0.29) is 10.6 Å². The maximum atomic E-state index is 14.1. The van der Waals surface area contributed by atoms with Crippen molar-refractivity contribution in [1.82, 2.24) is 18.8 Å². The molecule has 164 valence electrons. The van der Waals surface area contributed by atoms with E-state index < -0.39 is 16.0 Å². The minimum Gasteiger partial charge on any atom is -0.495 e. The van der Waals surface area contributed by atoms with Crippen LogP contribution in [0.3, 0.4) is 0 Å². The van der Waals surface area contributed by atoms with Gasteiger partial charge < -0.3 is 4.74 Å². The Kier molecular flexibility index (Phi) is 5.62. The zero-order valence-electron chi connectivity index (χ0n) is 17.6. The Morgan fingerprint density at radius 3 is 2.75 bits per heavy atom. The van der Waals surface area contributed by atoms with Crippen molar-refractivity contribution in [2.24, 2.45) is 5.10 Å². The first-order valence-electron chi connectivity index (χ1n) is 9.57. The molecule has 0 fully saturated rings. The van der Waals surface area contributed by atoms with E-state index in [1.807, 2.05) is 6.92 Å². The van der Waals surface area contributed by atoms with E-state index in [0.29, 0.717) is 22.5 Å². The van der Waals surface area contributed by atoms with Crippen molar-refractivity contribution in [3.05, 3.63) is 78.3 Å². The topological polar surface area (TPSA) is 89.2 Å². The fourth-order valence-electron chi connectivity index (χ4n) is 3.19. The first-order valence-corrected chi connectivity index (χ1v) is 11.0. The Labute approximate surface area is 184 Å². The van der Waals surface area contributed by atoms with Crippen LogP contribution in [0.25, 0.3) is 16.8 Å². The predicted molar refractivity (Wildman–Crippen MR) is 119 cm³/mol. The van der Waals surface area contributed by atoms with Gasteiger partial charge in [0, 0.05) is 30.6 Å². The Morgan fingerprint density at radius 2 is 2.00 bits per heavy atom. The summed E-state index contributed by atoms with van der Waals surface area (Å²) in [6.07, 6.45) is 6.00. The summed E-state index contributed by atoms with van der Waals surface area (Å²) >= 11 is 0. The number of pyridine rings is 2. The average molecular weight is 453 g/mol. The molecule has 0 aliphatic carbocycles. The fourth-order valence-corrected chi connectivity index (χ4v) is 4.28. The van der Waals surface area contributed by atoms with E-state index in [1.165, 1.54) is 32.6 Å². The maximum Gasteiger partial charge on any atom is 0.282 e. The minimum atomic E-state index is -3.94. The zero-order valence-corrected chi connectivity index (χ0v) is 18.4. The normalized spacial score (nSPS) is 11.9. The van der Waals surface area contributed by atoms with Crippen molar-refractivity contribution < 1.29 is 17.5 Å². The second-order valence-electron chi connectivity index (χ2n) is 7.01. The fraction of sp³-hybridized carbons (Fsp3) is 0.136. The van der Waals surface area contributed by atoms with Crippen molar-refractivity contribution in [3.8, 4) is 16.9 Å². The van der Waals surface area contributed by atoms with Crippen LogP contribution in [0.2, 0.25) is 0 Å². The number of nitrogens with zero attached hydrogens (tertiary/aromatic N) is 5. The van der Waals surface area contributed by atoms with Gasteiger partial charge in [-0.05, 0) is 48.9 Å². The summed E-state index contributed by atoms with van der Waals surface area (Å²) in [5.74, 6) is -0.343. The molecule has 3 aromatic heterocycles. The summed E-state index contributed by atoms with van der Waals surface area (Å²) in [5.41, 5.74) is 2.94. The van der Waals surface area contributed by atoms with Crippen molar-refractivity contribution in [2.75, 3.05) is 14.2 Å². The van der Waals surface area contributed by atoms with Crippen molar-refractivity contribution >= 4 is 21.9 Å². The number of rotatable bonds is 6. The first-order chi connectivity index (χ1) is 15.3. The van der Waals surface area contributed by atoms with Crippen LogP contribution in [0.15, 0.2) is 71.1 Å². The Bertz CT molecular complexity index is 1430. The summed E-state index contributed by atoms with van der Waals surface area (Å²) in [7, 11) is -1.19. The molecule has 32 heavy (non-hydrogen) atoms. The molecular formula is C22H20FN5O3S. The van der Waals surface area contributed by atoms with Crippen LogP contribution >= 0.6 is 0 Å². The number of imidazole rings is 1. The standard InChI is InChI=1S/C22H20FN5O3S/c1-15-6-8-20(19(11-15)31-3)32(29,30)27(2)26-13-17-12-25-21-9-7-16(14-28(17)21)18-5-4-10-24-22(18)23/h4-14H,1-3H3/b26-13+. The molecule has 0 radical (unpaired) electrons. The number of aromatic nitrogens is 3. The van der Waals surface area contributed by atoms with Gasteiger partial charge in [0.25, 0.3) is 10.0 Å². The predicted octanol–water partition coefficient (Wildman–Crippen LogP) is 3.51. The second-order valence-corrected chi connectivity index (χ2v) is 8.93. The van der Waals surface area contributed by atoms with E-state index in [9.17, 15) is 12.8 Å². The van der Waals surface area contributed by atoms with Gasteiger partial charge in [0.15, 0.2) is 0 Å². The smallest absolute Gasteiger partial charge is 0.282 e. The van der Waals surface area contributed by atoms with Gasteiger partial charge in [-0.3, -0.25) is 4.40 Å². The summed E-state index contributed by atoms with van der Waals surface area (Å²) in [6.45, 7) is 1.84. The zero-order chi connectivity index (χ0) is 22.9. The number of methoxy groups -OCH3 is 1. The van der Waals surface area contributed by atoms with Crippen LogP contribution in [0.5, 0.6) is 5.75 Å². The highest BCUT2D eigenvalue weighted by Gasteiger charge is 2.24. The van der Waals surface area contributed by atoms with Crippen LogP contribution in [0.1, 0.15) is 11.3 Å². The van der Waals surface area contributed by atoms with Crippen LogP contribution in [-0.2, 0) is 10.0 Å². The third-order valence-corrected chi connectivity index (χ3v) is 6.58. The Hall–Kier alpha value is -3.79. The number of fused-ring (bicyclic) bond motifs is 1. The van der Waals surface area contributed by atoms with Crippen LogP contribution in [-0.4, -0.2) is 47.6 Å². The van der Waals surface area contributed by atoms with Gasteiger partial charge in [-0.1, -0.05) is 6.07 Å². The first kappa shape index (κ1) is 21.4. The molecule has 0 aliphatic heterocycles. The molecule has 4 aromatic rings. The lowest BCUT2D eigenvalue weighted by molar-refractivity contribution is 0.398. The van der Waals surface area contributed by atoms with E-state index in [1.54, 1.807) is 53.2 Å². The van der Waals surface area contributed by atoms with Crippen LogP contribution in [0.4, 0.5) is 4.39 Å². The molecule has 0 spiro atoms. The number of hydrazone groups is 1. The third kappa shape index (κ3) is 3.92. The summed E-state index contributed by atoms with van der Waals surface area (Å²) in [4.78, 5) is 7.98. The lowest BCUT2D eigenvalue weighted by atomic mass is 10.1. The molecule has 0 saturated carbocycles. The van der Waals surface area contributed by atoms with Gasteiger partial charge in [0.05, 0.1) is 25.2 Å². The highest BCUT2D eigenvalue weighted by atomic mass is 32.2. The van der Waals surface area contributed by atoms with Gasteiger partial charge in [0.2, 0.25) is 5.95 Å². The highest BCUT2D eigenvalue weighted by molar-refractivity contribution is 7.89. The molecule has 0 aliphatic rings. The van der Waals surface area contributed by atoms with Gasteiger partial charge in [-0.25, -0.2) is 9.97 Å². The molecule has 0 atom stereocenters. The molecular weight excluding hydrogens is 433 g/mol.